The zero-order chi connectivity index (χ0) is 18.1. The number of ether oxygens (including phenoxy) is 1. The molecule has 2 atom stereocenters. The number of fused-ring (bicyclic) bond motifs is 1. The van der Waals surface area contributed by atoms with Crippen LogP contribution < -0.4 is 4.90 Å². The van der Waals surface area contributed by atoms with Gasteiger partial charge in [-0.15, -0.1) is 0 Å². The van der Waals surface area contributed by atoms with E-state index in [0.717, 1.165) is 23.4 Å². The van der Waals surface area contributed by atoms with Crippen molar-refractivity contribution in [1.29, 1.82) is 0 Å². The van der Waals surface area contributed by atoms with Crippen LogP contribution in [0.5, 0.6) is 0 Å². The van der Waals surface area contributed by atoms with Crippen molar-refractivity contribution in [2.45, 2.75) is 24.9 Å². The van der Waals surface area contributed by atoms with E-state index in [4.69, 9.17) is 4.74 Å². The van der Waals surface area contributed by atoms with Gasteiger partial charge in [0.15, 0.2) is 0 Å². The first-order chi connectivity index (χ1) is 12.7. The maximum absolute atomic E-state index is 12.9. The van der Waals surface area contributed by atoms with Gasteiger partial charge in [0.2, 0.25) is 11.8 Å². The van der Waals surface area contributed by atoms with Crippen molar-refractivity contribution < 1.29 is 14.3 Å². The molecule has 1 N–H and O–H groups in total. The van der Waals surface area contributed by atoms with Gasteiger partial charge < -0.3 is 14.5 Å². The molecule has 2 aliphatic heterocycles. The number of benzene rings is 1. The Bertz CT molecular complexity index is 807. The highest BCUT2D eigenvalue weighted by atomic mass is 16.5. The molecule has 1 aromatic carbocycles. The summed E-state index contributed by atoms with van der Waals surface area (Å²) in [6.07, 6.45) is 2.69. The second-order valence-electron chi connectivity index (χ2n) is 6.68. The highest BCUT2D eigenvalue weighted by Crippen LogP contribution is 2.30. The van der Waals surface area contributed by atoms with Crippen LogP contribution in [0.4, 0.5) is 5.69 Å². The van der Waals surface area contributed by atoms with E-state index in [1.54, 1.807) is 23.1 Å². The van der Waals surface area contributed by atoms with E-state index in [0.29, 0.717) is 19.5 Å². The first-order valence-corrected chi connectivity index (χ1v) is 8.72. The van der Waals surface area contributed by atoms with E-state index in [1.165, 1.54) is 0 Å². The van der Waals surface area contributed by atoms with Crippen LogP contribution >= 0.6 is 0 Å². The quantitative estimate of drug-likeness (QED) is 0.873. The Balaban J connectivity index is 1.50. The fraction of sp³-hybridized carbons (Fsp3) is 0.444. The lowest BCUT2D eigenvalue weighted by atomic mass is 10.0. The molecular weight excluding hydrogens is 334 g/mol. The standard InChI is InChI=1S/C18H21N5O3/c1-26-16-10-22(9-13(16)14-8-19-21-20-14)18(25)11-23-15-5-3-2-4-12(15)6-7-17(23)24/h2-5,8,13,16H,6-7,9-11H2,1H3,(H,19,20,21)/t13-,16+/m0/s1. The molecule has 0 spiro atoms. The van der Waals surface area contributed by atoms with E-state index in [2.05, 4.69) is 15.4 Å². The molecule has 0 unspecified atom stereocenters. The summed E-state index contributed by atoms with van der Waals surface area (Å²) < 4.78 is 5.54. The number of nitrogens with zero attached hydrogens (tertiary/aromatic N) is 4. The summed E-state index contributed by atoms with van der Waals surface area (Å²) in [4.78, 5) is 28.6. The molecule has 1 fully saturated rings. The average molecular weight is 355 g/mol. The zero-order valence-electron chi connectivity index (χ0n) is 14.6. The van der Waals surface area contributed by atoms with E-state index in [1.807, 2.05) is 24.3 Å². The van der Waals surface area contributed by atoms with Crippen LogP contribution in [0, 0.1) is 0 Å². The predicted molar refractivity (Wildman–Crippen MR) is 93.6 cm³/mol. The Morgan fingerprint density at radius 2 is 2.15 bits per heavy atom. The third kappa shape index (κ3) is 2.96. The van der Waals surface area contributed by atoms with Gasteiger partial charge >= 0.3 is 0 Å². The number of hydrogen-bond donors (Lipinski definition) is 1. The molecule has 136 valence electrons. The van der Waals surface area contributed by atoms with Crippen LogP contribution in [0.25, 0.3) is 0 Å². The number of carbonyl (C=O) groups excluding carboxylic acids is 2. The minimum Gasteiger partial charge on any atom is -0.379 e. The number of aromatic amines is 1. The lowest BCUT2D eigenvalue weighted by molar-refractivity contribution is -0.131. The van der Waals surface area contributed by atoms with Crippen LogP contribution in [0.3, 0.4) is 0 Å². The number of carbonyl (C=O) groups is 2. The number of amides is 2. The van der Waals surface area contributed by atoms with Gasteiger partial charge in [-0.25, -0.2) is 0 Å². The number of methoxy groups -OCH3 is 1. The van der Waals surface area contributed by atoms with E-state index >= 15 is 0 Å². The molecule has 8 heteroatoms. The van der Waals surface area contributed by atoms with Gasteiger partial charge in [-0.1, -0.05) is 18.2 Å². The van der Waals surface area contributed by atoms with Crippen LogP contribution in [0.15, 0.2) is 30.5 Å². The Labute approximate surface area is 151 Å². The summed E-state index contributed by atoms with van der Waals surface area (Å²) >= 11 is 0. The maximum atomic E-state index is 12.9. The third-order valence-electron chi connectivity index (χ3n) is 5.22. The van der Waals surface area contributed by atoms with Crippen molar-refractivity contribution in [3.05, 3.63) is 41.7 Å². The van der Waals surface area contributed by atoms with Crippen molar-refractivity contribution in [2.75, 3.05) is 31.6 Å². The van der Waals surface area contributed by atoms with Crippen LogP contribution in [0.2, 0.25) is 0 Å². The van der Waals surface area contributed by atoms with Crippen molar-refractivity contribution in [3.63, 3.8) is 0 Å². The summed E-state index contributed by atoms with van der Waals surface area (Å²) in [6, 6.07) is 7.77. The number of H-pyrrole nitrogens is 1. The normalized spacial score (nSPS) is 22.6. The molecular formula is C18H21N5O3. The predicted octanol–water partition coefficient (Wildman–Crippen LogP) is 0.725. The summed E-state index contributed by atoms with van der Waals surface area (Å²) in [7, 11) is 1.64. The molecule has 3 heterocycles. The summed E-state index contributed by atoms with van der Waals surface area (Å²) in [5, 5.41) is 10.6. The molecule has 2 amide bonds. The van der Waals surface area contributed by atoms with Crippen molar-refractivity contribution in [2.24, 2.45) is 0 Å². The first-order valence-electron chi connectivity index (χ1n) is 8.72. The molecule has 0 radical (unpaired) electrons. The van der Waals surface area contributed by atoms with Crippen molar-refractivity contribution in [1.82, 2.24) is 20.3 Å². The molecule has 0 bridgehead atoms. The van der Waals surface area contributed by atoms with Crippen molar-refractivity contribution >= 4 is 17.5 Å². The summed E-state index contributed by atoms with van der Waals surface area (Å²) in [5.41, 5.74) is 2.73. The third-order valence-corrected chi connectivity index (χ3v) is 5.22. The number of anilines is 1. The Morgan fingerprint density at radius 1 is 1.31 bits per heavy atom. The smallest absolute Gasteiger partial charge is 0.242 e. The highest BCUT2D eigenvalue weighted by Gasteiger charge is 2.38. The minimum absolute atomic E-state index is 0.00686. The van der Waals surface area contributed by atoms with Gasteiger partial charge in [0.25, 0.3) is 0 Å². The fourth-order valence-corrected chi connectivity index (χ4v) is 3.79. The molecule has 2 aromatic rings. The number of para-hydroxylation sites is 1. The Kier molecular flexibility index (Phi) is 4.42. The second-order valence-corrected chi connectivity index (χ2v) is 6.68. The average Bonchev–Trinajstić information content (AvgIpc) is 3.33. The molecule has 1 saturated heterocycles. The van der Waals surface area contributed by atoms with Crippen LogP contribution in [-0.4, -0.2) is 65.0 Å². The van der Waals surface area contributed by atoms with Crippen LogP contribution in [0.1, 0.15) is 23.6 Å². The van der Waals surface area contributed by atoms with E-state index < -0.39 is 0 Å². The first kappa shape index (κ1) is 16.7. The summed E-state index contributed by atoms with van der Waals surface area (Å²) in [5.74, 6) is -0.109. The lowest BCUT2D eigenvalue weighted by Gasteiger charge is -2.30. The molecule has 0 saturated carbocycles. The maximum Gasteiger partial charge on any atom is 0.242 e. The number of likely N-dealkylation sites (tertiary alicyclic amines) is 1. The number of aromatic nitrogens is 3. The van der Waals surface area contributed by atoms with E-state index in [-0.39, 0.29) is 30.4 Å². The zero-order valence-corrected chi connectivity index (χ0v) is 14.6. The van der Waals surface area contributed by atoms with Crippen molar-refractivity contribution in [3.8, 4) is 0 Å². The minimum atomic E-state index is -0.131. The number of hydrogen-bond acceptors (Lipinski definition) is 5. The molecule has 26 heavy (non-hydrogen) atoms. The second kappa shape index (κ2) is 6.87. The van der Waals surface area contributed by atoms with Gasteiger partial charge in [0.05, 0.1) is 23.9 Å². The van der Waals surface area contributed by atoms with Gasteiger partial charge in [0.1, 0.15) is 6.54 Å². The monoisotopic (exact) mass is 355 g/mol. The largest absolute Gasteiger partial charge is 0.379 e. The lowest BCUT2D eigenvalue weighted by Crippen LogP contribution is -2.44. The van der Waals surface area contributed by atoms with E-state index in [9.17, 15) is 9.59 Å². The van der Waals surface area contributed by atoms with Gasteiger partial charge in [-0.05, 0) is 18.1 Å². The number of nitrogens with one attached hydrogen (secondary N) is 1. The van der Waals surface area contributed by atoms with Crippen LogP contribution in [-0.2, 0) is 20.7 Å². The fourth-order valence-electron chi connectivity index (χ4n) is 3.79. The number of rotatable bonds is 4. The van der Waals surface area contributed by atoms with Gasteiger partial charge in [-0.2, -0.15) is 15.4 Å². The molecule has 0 aliphatic carbocycles. The topological polar surface area (TPSA) is 91.4 Å². The Morgan fingerprint density at radius 3 is 2.92 bits per heavy atom. The molecule has 1 aromatic heterocycles. The molecule has 2 aliphatic rings. The van der Waals surface area contributed by atoms with Gasteiger partial charge in [-0.3, -0.25) is 9.59 Å². The SMILES string of the molecule is CO[C@@H]1CN(C(=O)CN2C(=O)CCc3ccccc32)C[C@H]1c1cn[nH]n1. The summed E-state index contributed by atoms with van der Waals surface area (Å²) in [6.45, 7) is 1.04. The van der Waals surface area contributed by atoms with Gasteiger partial charge in [0, 0.05) is 32.3 Å². The molecule has 8 nitrogen and oxygen atoms in total. The number of aryl methyl sites for hydroxylation is 1. The molecule has 4 rings (SSSR count). The highest BCUT2D eigenvalue weighted by molar-refractivity contribution is 6.01. The Hall–Kier alpha value is -2.74.